The molecule has 1 aromatic heterocycles. The highest BCUT2D eigenvalue weighted by Gasteiger charge is 2.18. The Hall–Kier alpha value is -2.10. The second kappa shape index (κ2) is 5.04. The lowest BCUT2D eigenvalue weighted by Crippen LogP contribution is -2.27. The summed E-state index contributed by atoms with van der Waals surface area (Å²) in [5, 5.41) is 6.68. The van der Waals surface area contributed by atoms with Gasteiger partial charge in [-0.25, -0.2) is 0 Å². The Balaban J connectivity index is 2.11. The van der Waals surface area contributed by atoms with Crippen LogP contribution in [0.1, 0.15) is 40.3 Å². The summed E-state index contributed by atoms with van der Waals surface area (Å²) in [5.41, 5.74) is 2.20. The van der Waals surface area contributed by atoms with E-state index in [9.17, 15) is 4.79 Å². The molecule has 0 spiro atoms. The fourth-order valence-corrected chi connectivity index (χ4v) is 1.72. The lowest BCUT2D eigenvalue weighted by Gasteiger charge is -2.13. The highest BCUT2D eigenvalue weighted by Crippen LogP contribution is 2.15. The molecule has 0 fully saturated rings. The summed E-state index contributed by atoms with van der Waals surface area (Å²) in [7, 11) is 0. The van der Waals surface area contributed by atoms with Crippen molar-refractivity contribution in [1.82, 2.24) is 10.5 Å². The molecule has 0 aliphatic heterocycles. The Morgan fingerprint density at radius 3 is 2.50 bits per heavy atom. The third-order valence-electron chi connectivity index (χ3n) is 3.02. The molecule has 0 aliphatic carbocycles. The number of carbonyl (C=O) groups excluding carboxylic acids is 1. The van der Waals surface area contributed by atoms with E-state index in [1.165, 1.54) is 0 Å². The van der Waals surface area contributed by atoms with E-state index in [4.69, 9.17) is 4.52 Å². The average molecular weight is 244 g/mol. The first-order valence-corrected chi connectivity index (χ1v) is 5.88. The number of nitrogens with zero attached hydrogens (tertiary/aromatic N) is 1. The Morgan fingerprint density at radius 2 is 1.94 bits per heavy atom. The van der Waals surface area contributed by atoms with Crippen molar-refractivity contribution in [1.29, 1.82) is 0 Å². The Bertz CT molecular complexity index is 546. The van der Waals surface area contributed by atoms with Crippen LogP contribution in [0.4, 0.5) is 0 Å². The second-order valence-corrected chi connectivity index (χ2v) is 4.32. The van der Waals surface area contributed by atoms with E-state index < -0.39 is 0 Å². The lowest BCUT2D eigenvalue weighted by molar-refractivity contribution is 0.0930. The van der Waals surface area contributed by atoms with Crippen molar-refractivity contribution < 1.29 is 9.32 Å². The highest BCUT2D eigenvalue weighted by molar-refractivity contribution is 5.93. The van der Waals surface area contributed by atoms with Crippen LogP contribution in [-0.2, 0) is 0 Å². The highest BCUT2D eigenvalue weighted by atomic mass is 16.5. The number of nitrogens with one attached hydrogen (secondary N) is 1. The number of rotatable bonds is 3. The van der Waals surface area contributed by atoms with E-state index in [2.05, 4.69) is 10.5 Å². The quantitative estimate of drug-likeness (QED) is 0.903. The largest absolute Gasteiger partial charge is 0.361 e. The summed E-state index contributed by atoms with van der Waals surface area (Å²) < 4.78 is 4.99. The minimum absolute atomic E-state index is 0.0601. The molecule has 1 aromatic carbocycles. The zero-order valence-corrected chi connectivity index (χ0v) is 10.7. The first-order chi connectivity index (χ1) is 8.59. The van der Waals surface area contributed by atoms with Gasteiger partial charge < -0.3 is 9.84 Å². The maximum Gasteiger partial charge on any atom is 0.274 e. The number of carbonyl (C=O) groups is 1. The van der Waals surface area contributed by atoms with Gasteiger partial charge in [0.05, 0.1) is 6.04 Å². The van der Waals surface area contributed by atoms with E-state index in [0.29, 0.717) is 11.5 Å². The first kappa shape index (κ1) is 12.4. The van der Waals surface area contributed by atoms with Gasteiger partial charge in [0.2, 0.25) is 0 Å². The van der Waals surface area contributed by atoms with Crippen LogP contribution in [0.3, 0.4) is 0 Å². The zero-order valence-electron chi connectivity index (χ0n) is 10.7. The smallest absolute Gasteiger partial charge is 0.274 e. The molecule has 94 valence electrons. The van der Waals surface area contributed by atoms with Crippen LogP contribution >= 0.6 is 0 Å². The van der Waals surface area contributed by atoms with Crippen LogP contribution < -0.4 is 5.32 Å². The van der Waals surface area contributed by atoms with E-state index in [1.54, 1.807) is 6.92 Å². The van der Waals surface area contributed by atoms with Gasteiger partial charge in [-0.3, -0.25) is 4.79 Å². The number of aryl methyl sites for hydroxylation is 1. The molecule has 1 heterocycles. The van der Waals surface area contributed by atoms with Gasteiger partial charge in [-0.2, -0.15) is 0 Å². The minimum Gasteiger partial charge on any atom is -0.361 e. The minimum atomic E-state index is -0.208. The standard InChI is InChI=1S/C14H16N2O2/c1-9-11(3)18-16-13(9)14(17)15-10(2)12-7-5-4-6-8-12/h4-8,10H,1-3H3,(H,15,17). The van der Waals surface area contributed by atoms with Gasteiger partial charge in [-0.15, -0.1) is 0 Å². The van der Waals surface area contributed by atoms with Gasteiger partial charge in [-0.05, 0) is 26.3 Å². The maximum atomic E-state index is 12.0. The van der Waals surface area contributed by atoms with E-state index in [0.717, 1.165) is 11.1 Å². The van der Waals surface area contributed by atoms with Gasteiger partial charge >= 0.3 is 0 Å². The number of benzene rings is 1. The third-order valence-corrected chi connectivity index (χ3v) is 3.02. The topological polar surface area (TPSA) is 55.1 Å². The van der Waals surface area contributed by atoms with E-state index >= 15 is 0 Å². The van der Waals surface area contributed by atoms with Crippen molar-refractivity contribution >= 4 is 5.91 Å². The van der Waals surface area contributed by atoms with E-state index in [-0.39, 0.29) is 11.9 Å². The molecular weight excluding hydrogens is 228 g/mol. The molecule has 2 rings (SSSR count). The summed E-state index contributed by atoms with van der Waals surface area (Å²) in [6, 6.07) is 9.74. The molecule has 0 saturated carbocycles. The summed E-state index contributed by atoms with van der Waals surface area (Å²) in [4.78, 5) is 12.0. The van der Waals surface area contributed by atoms with Crippen molar-refractivity contribution in [3.05, 3.63) is 52.9 Å². The van der Waals surface area contributed by atoms with Crippen molar-refractivity contribution in [2.45, 2.75) is 26.8 Å². The monoisotopic (exact) mass is 244 g/mol. The third kappa shape index (κ3) is 2.42. The van der Waals surface area contributed by atoms with Crippen LogP contribution in [0.15, 0.2) is 34.9 Å². The molecule has 0 bridgehead atoms. The van der Waals surface area contributed by atoms with Gasteiger partial charge in [0.25, 0.3) is 5.91 Å². The Kier molecular flexibility index (Phi) is 3.46. The summed E-state index contributed by atoms with van der Waals surface area (Å²) in [5.74, 6) is 0.466. The Morgan fingerprint density at radius 1 is 1.28 bits per heavy atom. The summed E-state index contributed by atoms with van der Waals surface area (Å²) in [6.45, 7) is 5.56. The molecule has 4 nitrogen and oxygen atoms in total. The fraction of sp³-hybridized carbons (Fsp3) is 0.286. The zero-order chi connectivity index (χ0) is 13.1. The maximum absolute atomic E-state index is 12.0. The van der Waals surface area contributed by atoms with Crippen LogP contribution in [-0.4, -0.2) is 11.1 Å². The molecule has 1 unspecified atom stereocenters. The van der Waals surface area contributed by atoms with Crippen LogP contribution in [0.2, 0.25) is 0 Å². The molecule has 4 heteroatoms. The summed E-state index contributed by atoms with van der Waals surface area (Å²) in [6.07, 6.45) is 0. The van der Waals surface area contributed by atoms with Gasteiger partial charge in [-0.1, -0.05) is 35.5 Å². The SMILES string of the molecule is Cc1onc(C(=O)NC(C)c2ccccc2)c1C. The fourth-order valence-electron chi connectivity index (χ4n) is 1.72. The van der Waals surface area contributed by atoms with Crippen molar-refractivity contribution in [3.8, 4) is 0 Å². The van der Waals surface area contributed by atoms with Gasteiger partial charge in [0.1, 0.15) is 5.76 Å². The molecule has 1 atom stereocenters. The molecule has 1 amide bonds. The normalized spacial score (nSPS) is 12.2. The first-order valence-electron chi connectivity index (χ1n) is 5.88. The lowest BCUT2D eigenvalue weighted by atomic mass is 10.1. The van der Waals surface area contributed by atoms with Crippen LogP contribution in [0.5, 0.6) is 0 Å². The number of hydrogen-bond donors (Lipinski definition) is 1. The van der Waals surface area contributed by atoms with Gasteiger partial charge in [0, 0.05) is 5.56 Å². The number of aromatic nitrogens is 1. The predicted molar refractivity (Wildman–Crippen MR) is 68.3 cm³/mol. The predicted octanol–water partition coefficient (Wildman–Crippen LogP) is 2.78. The van der Waals surface area contributed by atoms with Crippen molar-refractivity contribution in [3.63, 3.8) is 0 Å². The van der Waals surface area contributed by atoms with Gasteiger partial charge in [0.15, 0.2) is 5.69 Å². The molecule has 0 saturated heterocycles. The Labute approximate surface area is 106 Å². The van der Waals surface area contributed by atoms with Crippen molar-refractivity contribution in [2.75, 3.05) is 0 Å². The number of amides is 1. The number of hydrogen-bond acceptors (Lipinski definition) is 3. The van der Waals surface area contributed by atoms with Crippen LogP contribution in [0.25, 0.3) is 0 Å². The molecular formula is C14H16N2O2. The molecule has 0 aliphatic rings. The summed E-state index contributed by atoms with van der Waals surface area (Å²) >= 11 is 0. The molecule has 1 N–H and O–H groups in total. The van der Waals surface area contributed by atoms with Crippen LogP contribution in [0, 0.1) is 13.8 Å². The molecule has 18 heavy (non-hydrogen) atoms. The van der Waals surface area contributed by atoms with Crippen molar-refractivity contribution in [2.24, 2.45) is 0 Å². The molecule has 0 radical (unpaired) electrons. The second-order valence-electron chi connectivity index (χ2n) is 4.32. The average Bonchev–Trinajstić information content (AvgIpc) is 2.71. The van der Waals surface area contributed by atoms with E-state index in [1.807, 2.05) is 44.2 Å². The molecule has 2 aromatic rings.